The Morgan fingerprint density at radius 3 is 2.93 bits per heavy atom. The zero-order chi connectivity index (χ0) is 10.5. The van der Waals surface area contributed by atoms with Crippen LogP contribution in [0.4, 0.5) is 4.39 Å². The van der Waals surface area contributed by atoms with Crippen LogP contribution in [0, 0.1) is 11.7 Å². The van der Waals surface area contributed by atoms with Crippen LogP contribution in [0.2, 0.25) is 0 Å². The fourth-order valence-corrected chi connectivity index (χ4v) is 2.23. The lowest BCUT2D eigenvalue weighted by Crippen LogP contribution is -2.29. The predicted octanol–water partition coefficient (Wildman–Crippen LogP) is 2.76. The topological polar surface area (TPSA) is 12.0 Å². The van der Waals surface area contributed by atoms with Gasteiger partial charge in [-0.05, 0) is 56.3 Å². The van der Waals surface area contributed by atoms with Crippen molar-refractivity contribution >= 4 is 0 Å². The van der Waals surface area contributed by atoms with E-state index >= 15 is 0 Å². The van der Waals surface area contributed by atoms with Crippen LogP contribution in [-0.2, 0) is 6.42 Å². The summed E-state index contributed by atoms with van der Waals surface area (Å²) >= 11 is 0. The second-order valence-electron chi connectivity index (χ2n) is 4.34. The Labute approximate surface area is 90.7 Å². The van der Waals surface area contributed by atoms with Gasteiger partial charge < -0.3 is 5.32 Å². The zero-order valence-corrected chi connectivity index (χ0v) is 9.01. The molecule has 1 nitrogen and oxygen atoms in total. The Morgan fingerprint density at radius 1 is 1.33 bits per heavy atom. The van der Waals surface area contributed by atoms with Gasteiger partial charge in [-0.25, -0.2) is 4.39 Å². The van der Waals surface area contributed by atoms with Gasteiger partial charge in [0.2, 0.25) is 0 Å². The summed E-state index contributed by atoms with van der Waals surface area (Å²) in [5, 5.41) is 3.39. The molecule has 0 radical (unpaired) electrons. The fourth-order valence-electron chi connectivity index (χ4n) is 2.23. The number of hydrogen-bond acceptors (Lipinski definition) is 1. The first-order chi connectivity index (χ1) is 7.36. The predicted molar refractivity (Wildman–Crippen MR) is 60.3 cm³/mol. The van der Waals surface area contributed by atoms with Gasteiger partial charge in [0, 0.05) is 0 Å². The molecule has 1 aliphatic rings. The first-order valence-corrected chi connectivity index (χ1v) is 5.80. The van der Waals surface area contributed by atoms with Crippen LogP contribution < -0.4 is 5.32 Å². The van der Waals surface area contributed by atoms with E-state index in [0.29, 0.717) is 0 Å². The van der Waals surface area contributed by atoms with Gasteiger partial charge in [-0.15, -0.1) is 0 Å². The lowest BCUT2D eigenvalue weighted by molar-refractivity contribution is 0.356. The molecule has 2 rings (SSSR count). The van der Waals surface area contributed by atoms with Crippen molar-refractivity contribution in [2.75, 3.05) is 13.1 Å². The molecule has 15 heavy (non-hydrogen) atoms. The minimum atomic E-state index is -0.0544. The van der Waals surface area contributed by atoms with Crippen LogP contribution in [-0.4, -0.2) is 13.1 Å². The number of rotatable bonds is 3. The van der Waals surface area contributed by atoms with E-state index in [2.05, 4.69) is 5.32 Å². The SMILES string of the molecule is Fc1ccccc1CCC1CCCNC1. The van der Waals surface area contributed by atoms with Gasteiger partial charge in [0.15, 0.2) is 0 Å². The van der Waals surface area contributed by atoms with Crippen molar-refractivity contribution in [2.24, 2.45) is 5.92 Å². The Balaban J connectivity index is 1.84. The van der Waals surface area contributed by atoms with Gasteiger partial charge in [0.25, 0.3) is 0 Å². The summed E-state index contributed by atoms with van der Waals surface area (Å²) in [4.78, 5) is 0. The van der Waals surface area contributed by atoms with Gasteiger partial charge in [-0.1, -0.05) is 18.2 Å². The normalized spacial score (nSPS) is 21.5. The van der Waals surface area contributed by atoms with E-state index < -0.39 is 0 Å². The second-order valence-corrected chi connectivity index (χ2v) is 4.34. The van der Waals surface area contributed by atoms with Gasteiger partial charge in [0.1, 0.15) is 5.82 Å². The number of nitrogens with one attached hydrogen (secondary N) is 1. The van der Waals surface area contributed by atoms with E-state index in [1.165, 1.54) is 12.8 Å². The van der Waals surface area contributed by atoms with Crippen molar-refractivity contribution in [1.29, 1.82) is 0 Å². The summed E-state index contributed by atoms with van der Waals surface area (Å²) in [6, 6.07) is 7.11. The largest absolute Gasteiger partial charge is 0.316 e. The smallest absolute Gasteiger partial charge is 0.126 e. The standard InChI is InChI=1S/C13H18FN/c14-13-6-2-1-5-12(13)8-7-11-4-3-9-15-10-11/h1-2,5-6,11,15H,3-4,7-10H2. The number of halogens is 1. The van der Waals surface area contributed by atoms with E-state index in [0.717, 1.165) is 37.4 Å². The fraction of sp³-hybridized carbons (Fsp3) is 0.538. The summed E-state index contributed by atoms with van der Waals surface area (Å²) in [7, 11) is 0. The number of benzene rings is 1. The van der Waals surface area contributed by atoms with Crippen molar-refractivity contribution in [2.45, 2.75) is 25.7 Å². The Bertz CT molecular complexity index is 305. The highest BCUT2D eigenvalue weighted by molar-refractivity contribution is 5.17. The van der Waals surface area contributed by atoms with Gasteiger partial charge >= 0.3 is 0 Å². The highest BCUT2D eigenvalue weighted by atomic mass is 19.1. The lowest BCUT2D eigenvalue weighted by atomic mass is 9.93. The molecule has 1 N–H and O–H groups in total. The molecular weight excluding hydrogens is 189 g/mol. The van der Waals surface area contributed by atoms with E-state index in [4.69, 9.17) is 0 Å². The van der Waals surface area contributed by atoms with Crippen LogP contribution in [0.5, 0.6) is 0 Å². The molecule has 1 aromatic carbocycles. The van der Waals surface area contributed by atoms with Gasteiger partial charge in [-0.3, -0.25) is 0 Å². The number of piperidine rings is 1. The summed E-state index contributed by atoms with van der Waals surface area (Å²) in [5.74, 6) is 0.680. The molecule has 0 aliphatic carbocycles. The maximum absolute atomic E-state index is 13.3. The Morgan fingerprint density at radius 2 is 2.20 bits per heavy atom. The molecule has 1 unspecified atom stereocenters. The first-order valence-electron chi connectivity index (χ1n) is 5.80. The highest BCUT2D eigenvalue weighted by Crippen LogP contribution is 2.18. The third-order valence-electron chi connectivity index (χ3n) is 3.18. The highest BCUT2D eigenvalue weighted by Gasteiger charge is 2.13. The van der Waals surface area contributed by atoms with Crippen molar-refractivity contribution < 1.29 is 4.39 Å². The third-order valence-corrected chi connectivity index (χ3v) is 3.18. The molecule has 1 fully saturated rings. The average molecular weight is 207 g/mol. The van der Waals surface area contributed by atoms with Crippen LogP contribution in [0.25, 0.3) is 0 Å². The molecule has 0 saturated carbocycles. The van der Waals surface area contributed by atoms with E-state index in [1.54, 1.807) is 12.1 Å². The molecule has 1 atom stereocenters. The molecule has 2 heteroatoms. The Hall–Kier alpha value is -0.890. The molecule has 1 aliphatic heterocycles. The van der Waals surface area contributed by atoms with Crippen LogP contribution in [0.15, 0.2) is 24.3 Å². The molecule has 1 saturated heterocycles. The van der Waals surface area contributed by atoms with Crippen molar-refractivity contribution in [3.05, 3.63) is 35.6 Å². The van der Waals surface area contributed by atoms with Crippen LogP contribution in [0.3, 0.4) is 0 Å². The minimum absolute atomic E-state index is 0.0544. The monoisotopic (exact) mass is 207 g/mol. The van der Waals surface area contributed by atoms with Crippen LogP contribution in [0.1, 0.15) is 24.8 Å². The summed E-state index contributed by atoms with van der Waals surface area (Å²) in [6.45, 7) is 2.25. The maximum atomic E-state index is 13.3. The number of aryl methyl sites for hydroxylation is 1. The first kappa shape index (κ1) is 10.6. The number of hydrogen-bond donors (Lipinski definition) is 1. The summed E-state index contributed by atoms with van der Waals surface area (Å²) in [5.41, 5.74) is 0.864. The third kappa shape index (κ3) is 3.03. The van der Waals surface area contributed by atoms with E-state index in [9.17, 15) is 4.39 Å². The lowest BCUT2D eigenvalue weighted by Gasteiger charge is -2.22. The molecule has 1 heterocycles. The Kier molecular flexibility index (Phi) is 3.73. The molecule has 0 amide bonds. The molecule has 0 spiro atoms. The van der Waals surface area contributed by atoms with E-state index in [1.807, 2.05) is 12.1 Å². The minimum Gasteiger partial charge on any atom is -0.316 e. The molecule has 0 aromatic heterocycles. The van der Waals surface area contributed by atoms with Gasteiger partial charge in [-0.2, -0.15) is 0 Å². The van der Waals surface area contributed by atoms with E-state index in [-0.39, 0.29) is 5.82 Å². The maximum Gasteiger partial charge on any atom is 0.126 e. The molecule has 1 aromatic rings. The molecule has 0 bridgehead atoms. The van der Waals surface area contributed by atoms with Crippen molar-refractivity contribution in [1.82, 2.24) is 5.32 Å². The summed E-state index contributed by atoms with van der Waals surface area (Å²) < 4.78 is 13.3. The quantitative estimate of drug-likeness (QED) is 0.803. The van der Waals surface area contributed by atoms with Crippen LogP contribution >= 0.6 is 0 Å². The average Bonchev–Trinajstić information content (AvgIpc) is 2.29. The van der Waals surface area contributed by atoms with Crippen molar-refractivity contribution in [3.8, 4) is 0 Å². The molecular formula is C13H18FN. The summed E-state index contributed by atoms with van der Waals surface area (Å²) in [6.07, 6.45) is 4.54. The molecule has 82 valence electrons. The zero-order valence-electron chi connectivity index (χ0n) is 9.01. The van der Waals surface area contributed by atoms with Crippen molar-refractivity contribution in [3.63, 3.8) is 0 Å². The van der Waals surface area contributed by atoms with Gasteiger partial charge in [0.05, 0.1) is 0 Å². The second kappa shape index (κ2) is 5.26.